The Labute approximate surface area is 201 Å². The summed E-state index contributed by atoms with van der Waals surface area (Å²) in [6.07, 6.45) is 1.83. The Morgan fingerprint density at radius 1 is 1.03 bits per heavy atom. The molecule has 1 aromatic heterocycles. The van der Waals surface area contributed by atoms with Crippen molar-refractivity contribution in [2.45, 2.75) is 32.2 Å². The second-order valence-electron chi connectivity index (χ2n) is 8.86. The van der Waals surface area contributed by atoms with Gasteiger partial charge in [-0.2, -0.15) is 0 Å². The Hall–Kier alpha value is -3.73. The lowest BCUT2D eigenvalue weighted by Crippen LogP contribution is -2.34. The van der Waals surface area contributed by atoms with Gasteiger partial charge in [0, 0.05) is 35.9 Å². The maximum absolute atomic E-state index is 11.6. The molecule has 176 valence electrons. The van der Waals surface area contributed by atoms with Crippen molar-refractivity contribution in [1.29, 1.82) is 0 Å². The van der Waals surface area contributed by atoms with Crippen LogP contribution in [0.15, 0.2) is 72.8 Å². The summed E-state index contributed by atoms with van der Waals surface area (Å²) < 4.78 is 5.24. The number of aromatic nitrogens is 1. The lowest BCUT2D eigenvalue weighted by atomic mass is 9.93. The Balaban J connectivity index is 0.000000210. The predicted octanol–water partition coefficient (Wildman–Crippen LogP) is 6.13. The minimum Gasteiger partial charge on any atom is -0.497 e. The zero-order valence-electron chi connectivity index (χ0n) is 20.3. The highest BCUT2D eigenvalue weighted by Gasteiger charge is 2.30. The molecule has 1 aliphatic rings. The van der Waals surface area contributed by atoms with Gasteiger partial charge in [0.25, 0.3) is 0 Å². The third-order valence-corrected chi connectivity index (χ3v) is 6.50. The molecule has 0 saturated heterocycles. The molecule has 4 aromatic rings. The van der Waals surface area contributed by atoms with E-state index < -0.39 is 0 Å². The van der Waals surface area contributed by atoms with Gasteiger partial charge in [0.2, 0.25) is 6.41 Å². The zero-order valence-corrected chi connectivity index (χ0v) is 20.3. The van der Waals surface area contributed by atoms with Crippen LogP contribution in [0, 0.1) is 0 Å². The van der Waals surface area contributed by atoms with Crippen LogP contribution in [0.3, 0.4) is 0 Å². The number of anilines is 1. The Morgan fingerprint density at radius 3 is 2.35 bits per heavy atom. The molecular weight excluding hydrogens is 422 g/mol. The number of benzene rings is 3. The van der Waals surface area contributed by atoms with Crippen molar-refractivity contribution in [2.75, 3.05) is 26.0 Å². The molecule has 34 heavy (non-hydrogen) atoms. The number of ether oxygens (including phenoxy) is 1. The maximum Gasteiger partial charge on any atom is 0.210 e. The third kappa shape index (κ3) is 4.79. The summed E-state index contributed by atoms with van der Waals surface area (Å²) in [4.78, 5) is 17.0. The first-order valence-electron chi connectivity index (χ1n) is 11.8. The van der Waals surface area contributed by atoms with Crippen molar-refractivity contribution in [3.05, 3.63) is 95.2 Å². The first-order chi connectivity index (χ1) is 16.5. The maximum atomic E-state index is 11.6. The molecule has 0 saturated carbocycles. The molecule has 1 aliphatic heterocycles. The van der Waals surface area contributed by atoms with Crippen LogP contribution in [-0.4, -0.2) is 37.0 Å². The van der Waals surface area contributed by atoms with Gasteiger partial charge in [-0.05, 0) is 59.4 Å². The molecule has 2 heterocycles. The number of methoxy groups -OCH3 is 1. The predicted molar refractivity (Wildman–Crippen MR) is 140 cm³/mol. The van der Waals surface area contributed by atoms with Crippen molar-refractivity contribution in [1.82, 2.24) is 9.88 Å². The summed E-state index contributed by atoms with van der Waals surface area (Å²) in [5.41, 5.74) is 7.22. The normalized spacial score (nSPS) is 14.9. The van der Waals surface area contributed by atoms with Gasteiger partial charge in [-0.3, -0.25) is 4.79 Å². The van der Waals surface area contributed by atoms with Crippen LogP contribution in [0.4, 0.5) is 5.69 Å². The average molecular weight is 456 g/mol. The fourth-order valence-corrected chi connectivity index (χ4v) is 4.55. The number of H-pyrrole nitrogens is 1. The van der Waals surface area contributed by atoms with Gasteiger partial charge in [-0.1, -0.05) is 56.3 Å². The van der Waals surface area contributed by atoms with E-state index in [1.54, 1.807) is 7.11 Å². The first-order valence-corrected chi connectivity index (χ1v) is 11.8. The van der Waals surface area contributed by atoms with E-state index >= 15 is 0 Å². The average Bonchev–Trinajstić information content (AvgIpc) is 3.27. The van der Waals surface area contributed by atoms with Crippen LogP contribution in [0.2, 0.25) is 0 Å². The van der Waals surface area contributed by atoms with Gasteiger partial charge < -0.3 is 19.9 Å². The molecule has 0 radical (unpaired) electrons. The highest BCUT2D eigenvalue weighted by Crippen LogP contribution is 2.38. The number of hydrogen-bond acceptors (Lipinski definition) is 3. The minimum atomic E-state index is -0.0745. The first kappa shape index (κ1) is 23.4. The van der Waals surface area contributed by atoms with Gasteiger partial charge in [0.05, 0.1) is 13.2 Å². The Morgan fingerprint density at radius 2 is 1.74 bits per heavy atom. The van der Waals surface area contributed by atoms with Crippen LogP contribution >= 0.6 is 0 Å². The van der Waals surface area contributed by atoms with Crippen LogP contribution in [0.5, 0.6) is 5.75 Å². The molecule has 1 unspecified atom stereocenters. The van der Waals surface area contributed by atoms with E-state index in [0.29, 0.717) is 5.92 Å². The van der Waals surface area contributed by atoms with E-state index in [-0.39, 0.29) is 6.04 Å². The highest BCUT2D eigenvalue weighted by molar-refractivity contribution is 5.85. The number of rotatable bonds is 5. The zero-order chi connectivity index (χ0) is 24.1. The van der Waals surface area contributed by atoms with Gasteiger partial charge in [0.15, 0.2) is 0 Å². The quantitative estimate of drug-likeness (QED) is 0.356. The molecule has 0 fully saturated rings. The second-order valence-corrected chi connectivity index (χ2v) is 8.86. The Bertz CT molecular complexity index is 1230. The number of aromatic amines is 1. The number of nitrogens with zero attached hydrogens (tertiary/aromatic N) is 1. The van der Waals surface area contributed by atoms with E-state index in [1.807, 2.05) is 42.3 Å². The summed E-state index contributed by atoms with van der Waals surface area (Å²) >= 11 is 0. The van der Waals surface area contributed by atoms with Crippen molar-refractivity contribution >= 4 is 23.0 Å². The van der Waals surface area contributed by atoms with Crippen LogP contribution < -0.4 is 10.1 Å². The summed E-state index contributed by atoms with van der Waals surface area (Å²) in [5, 5.41) is 4.35. The van der Waals surface area contributed by atoms with E-state index in [0.717, 1.165) is 41.9 Å². The highest BCUT2D eigenvalue weighted by atomic mass is 16.5. The van der Waals surface area contributed by atoms with E-state index in [4.69, 9.17) is 4.74 Å². The standard InChI is InChI=1S/C19H18N2O2.C10H15N/c1-23-14-8-6-13(7-9-14)19-18-16(10-11-21(19)12-22)15-4-2-3-5-17(15)20-18;1-8(2)9-4-6-10(11-3)7-5-9/h2-9,12,19-20H,10-11H2,1H3;4-8,11H,1-3H3. The van der Waals surface area contributed by atoms with Crippen LogP contribution in [0.1, 0.15) is 48.2 Å². The minimum absolute atomic E-state index is 0.0745. The summed E-state index contributed by atoms with van der Waals surface area (Å²) in [6.45, 7) is 5.14. The molecule has 1 atom stereocenters. The number of amides is 1. The Kier molecular flexibility index (Phi) is 7.21. The van der Waals surface area contributed by atoms with Gasteiger partial charge in [-0.15, -0.1) is 0 Å². The molecule has 5 heteroatoms. The van der Waals surface area contributed by atoms with Crippen LogP contribution in [0.25, 0.3) is 10.9 Å². The second kappa shape index (κ2) is 10.5. The SMILES string of the molecule is CNc1ccc(C(C)C)cc1.COc1ccc(C2c3[nH]c4ccccc4c3CCN2C=O)cc1. The molecule has 1 amide bonds. The molecule has 0 spiro atoms. The number of fused-ring (bicyclic) bond motifs is 3. The lowest BCUT2D eigenvalue weighted by molar-refractivity contribution is -0.120. The van der Waals surface area contributed by atoms with E-state index in [9.17, 15) is 4.79 Å². The number of hydrogen-bond donors (Lipinski definition) is 2. The van der Waals surface area contributed by atoms with Crippen LogP contribution in [-0.2, 0) is 11.2 Å². The third-order valence-electron chi connectivity index (χ3n) is 6.50. The van der Waals surface area contributed by atoms with Gasteiger partial charge in [-0.25, -0.2) is 0 Å². The monoisotopic (exact) mass is 455 g/mol. The van der Waals surface area contributed by atoms with E-state index in [2.05, 4.69) is 66.6 Å². The summed E-state index contributed by atoms with van der Waals surface area (Å²) in [6, 6.07) is 24.7. The molecular formula is C29H33N3O2. The van der Waals surface area contributed by atoms with Crippen molar-refractivity contribution < 1.29 is 9.53 Å². The topological polar surface area (TPSA) is 57.4 Å². The number of nitrogens with one attached hydrogen (secondary N) is 2. The smallest absolute Gasteiger partial charge is 0.210 e. The molecule has 3 aromatic carbocycles. The van der Waals surface area contributed by atoms with Crippen molar-refractivity contribution in [3.8, 4) is 5.75 Å². The van der Waals surface area contributed by atoms with Gasteiger partial charge >= 0.3 is 0 Å². The fourth-order valence-electron chi connectivity index (χ4n) is 4.55. The van der Waals surface area contributed by atoms with E-state index in [1.165, 1.54) is 22.2 Å². The molecule has 5 rings (SSSR count). The van der Waals surface area contributed by atoms with Crippen molar-refractivity contribution in [3.63, 3.8) is 0 Å². The number of carbonyl (C=O) groups excluding carboxylic acids is 1. The molecule has 0 aliphatic carbocycles. The summed E-state index contributed by atoms with van der Waals surface area (Å²) in [5.74, 6) is 1.44. The number of carbonyl (C=O) groups is 1. The number of para-hydroxylation sites is 1. The largest absolute Gasteiger partial charge is 0.497 e. The molecule has 0 bridgehead atoms. The molecule has 2 N–H and O–H groups in total. The molecule has 5 nitrogen and oxygen atoms in total. The summed E-state index contributed by atoms with van der Waals surface area (Å²) in [7, 11) is 3.59. The lowest BCUT2D eigenvalue weighted by Gasteiger charge is -2.33. The van der Waals surface area contributed by atoms with Crippen molar-refractivity contribution in [2.24, 2.45) is 0 Å². The van der Waals surface area contributed by atoms with Gasteiger partial charge in [0.1, 0.15) is 5.75 Å². The fraction of sp³-hybridized carbons (Fsp3) is 0.276.